The average molecular weight is 400 g/mol. The molecule has 3 heterocycles. The molecule has 0 saturated carbocycles. The van der Waals surface area contributed by atoms with Gasteiger partial charge in [-0.15, -0.1) is 0 Å². The number of aromatic amines is 1. The van der Waals surface area contributed by atoms with Crippen LogP contribution in [0.25, 0.3) is 22.3 Å². The Kier molecular flexibility index (Phi) is 4.57. The van der Waals surface area contributed by atoms with Crippen molar-refractivity contribution in [2.75, 3.05) is 7.11 Å². The Labute approximate surface area is 162 Å². The van der Waals surface area contributed by atoms with Gasteiger partial charge in [-0.3, -0.25) is 9.55 Å². The lowest BCUT2D eigenvalue weighted by Gasteiger charge is -2.10. The number of hydrogen-bond acceptors (Lipinski definition) is 4. The molecule has 6 nitrogen and oxygen atoms in total. The predicted molar refractivity (Wildman–Crippen MR) is 101 cm³/mol. The van der Waals surface area contributed by atoms with Crippen LogP contribution >= 0.6 is 0 Å². The second-order valence-electron chi connectivity index (χ2n) is 6.36. The predicted octanol–water partition coefficient (Wildman–Crippen LogP) is 3.86. The van der Waals surface area contributed by atoms with E-state index < -0.39 is 11.7 Å². The topological polar surface area (TPSA) is 72.8 Å². The fraction of sp³-hybridized carbons (Fsp3) is 0.150. The quantitative estimate of drug-likeness (QED) is 0.565. The molecule has 0 amide bonds. The van der Waals surface area contributed by atoms with Crippen molar-refractivity contribution in [3.63, 3.8) is 0 Å². The summed E-state index contributed by atoms with van der Waals surface area (Å²) < 4.78 is 45.8. The Balaban J connectivity index is 1.81. The summed E-state index contributed by atoms with van der Waals surface area (Å²) in [6, 6.07) is 10.1. The van der Waals surface area contributed by atoms with E-state index in [0.717, 1.165) is 12.1 Å². The second kappa shape index (κ2) is 7.08. The van der Waals surface area contributed by atoms with E-state index in [-0.39, 0.29) is 12.2 Å². The lowest BCUT2D eigenvalue weighted by molar-refractivity contribution is -0.137. The zero-order chi connectivity index (χ0) is 20.6. The number of hydrogen-bond donors (Lipinski definition) is 1. The molecule has 0 atom stereocenters. The first kappa shape index (κ1) is 18.7. The molecule has 4 aromatic rings. The molecule has 4 rings (SSSR count). The third kappa shape index (κ3) is 3.58. The van der Waals surface area contributed by atoms with Gasteiger partial charge in [0, 0.05) is 23.5 Å². The van der Waals surface area contributed by atoms with Crippen LogP contribution in [0, 0.1) is 0 Å². The van der Waals surface area contributed by atoms with Gasteiger partial charge in [-0.25, -0.2) is 14.8 Å². The highest BCUT2D eigenvalue weighted by Gasteiger charge is 2.30. The van der Waals surface area contributed by atoms with Gasteiger partial charge in [-0.05, 0) is 29.8 Å². The van der Waals surface area contributed by atoms with Crippen molar-refractivity contribution in [1.82, 2.24) is 19.5 Å². The maximum absolute atomic E-state index is 13.0. The number of H-pyrrole nitrogens is 1. The summed E-state index contributed by atoms with van der Waals surface area (Å²) in [5.74, 6) is 0.385. The monoisotopic (exact) mass is 400 g/mol. The minimum absolute atomic E-state index is 0.170. The Hall–Kier alpha value is -3.62. The number of methoxy groups -OCH3 is 1. The molecule has 0 aliphatic rings. The number of nitrogens with zero attached hydrogens (tertiary/aromatic N) is 3. The zero-order valence-corrected chi connectivity index (χ0v) is 15.2. The lowest BCUT2D eigenvalue weighted by atomic mass is 10.0. The Morgan fingerprint density at radius 2 is 1.93 bits per heavy atom. The van der Waals surface area contributed by atoms with Gasteiger partial charge in [0.1, 0.15) is 0 Å². The molecule has 0 bridgehead atoms. The summed E-state index contributed by atoms with van der Waals surface area (Å²) in [4.78, 5) is 23.4. The number of pyridine rings is 2. The van der Waals surface area contributed by atoms with Gasteiger partial charge in [-0.2, -0.15) is 13.2 Å². The van der Waals surface area contributed by atoms with Gasteiger partial charge in [0.2, 0.25) is 5.88 Å². The number of nitrogens with one attached hydrogen (secondary N) is 1. The van der Waals surface area contributed by atoms with E-state index in [2.05, 4.69) is 15.0 Å². The zero-order valence-electron chi connectivity index (χ0n) is 15.2. The third-order valence-electron chi connectivity index (χ3n) is 4.52. The summed E-state index contributed by atoms with van der Waals surface area (Å²) in [5.41, 5.74) is 1.18. The molecule has 1 N–H and O–H groups in total. The van der Waals surface area contributed by atoms with Gasteiger partial charge < -0.3 is 4.74 Å². The van der Waals surface area contributed by atoms with Crippen LogP contribution in [-0.2, 0) is 12.7 Å². The summed E-state index contributed by atoms with van der Waals surface area (Å²) in [5, 5.41) is 0. The van der Waals surface area contributed by atoms with Crippen LogP contribution in [-0.4, -0.2) is 26.6 Å². The van der Waals surface area contributed by atoms with Crippen molar-refractivity contribution in [2.45, 2.75) is 12.7 Å². The maximum Gasteiger partial charge on any atom is 0.416 e. The molecule has 0 aliphatic carbocycles. The molecule has 29 heavy (non-hydrogen) atoms. The van der Waals surface area contributed by atoms with E-state index in [1.807, 2.05) is 0 Å². The Morgan fingerprint density at radius 1 is 1.10 bits per heavy atom. The van der Waals surface area contributed by atoms with Crippen molar-refractivity contribution in [3.8, 4) is 17.0 Å². The molecule has 0 unspecified atom stereocenters. The highest BCUT2D eigenvalue weighted by Crippen LogP contribution is 2.32. The van der Waals surface area contributed by atoms with Crippen molar-refractivity contribution in [3.05, 3.63) is 76.5 Å². The minimum Gasteiger partial charge on any atom is -0.481 e. The average Bonchev–Trinajstić information content (AvgIpc) is 3.02. The summed E-state index contributed by atoms with van der Waals surface area (Å²) in [6.07, 6.45) is -1.43. The highest BCUT2D eigenvalue weighted by atomic mass is 19.4. The standard InChI is InChI=1S/C20H15F3N4O2/c1-29-18-13(5-3-7-24-18)11-27-16-9-14(10-25-17(16)26-19(27)28)12-4-2-6-15(8-12)20(21,22)23/h2-10H,11H2,1H3,(H,25,26,28). The number of benzene rings is 1. The molecular formula is C20H15F3N4O2. The first-order chi connectivity index (χ1) is 13.9. The lowest BCUT2D eigenvalue weighted by Crippen LogP contribution is -2.17. The molecule has 0 radical (unpaired) electrons. The van der Waals surface area contributed by atoms with Crippen LogP contribution in [0.15, 0.2) is 59.7 Å². The summed E-state index contributed by atoms with van der Waals surface area (Å²) in [6.45, 7) is 0.170. The van der Waals surface area contributed by atoms with E-state index in [1.165, 1.54) is 23.9 Å². The molecule has 0 spiro atoms. The smallest absolute Gasteiger partial charge is 0.416 e. The van der Waals surface area contributed by atoms with Crippen LogP contribution in [0.3, 0.4) is 0 Å². The third-order valence-corrected chi connectivity index (χ3v) is 4.52. The first-order valence-electron chi connectivity index (χ1n) is 8.61. The summed E-state index contributed by atoms with van der Waals surface area (Å²) in [7, 11) is 1.48. The fourth-order valence-electron chi connectivity index (χ4n) is 3.12. The van der Waals surface area contributed by atoms with Crippen LogP contribution in [0.1, 0.15) is 11.1 Å². The number of ether oxygens (including phenoxy) is 1. The Morgan fingerprint density at radius 3 is 2.69 bits per heavy atom. The van der Waals surface area contributed by atoms with Gasteiger partial charge in [-0.1, -0.05) is 18.2 Å². The number of aromatic nitrogens is 4. The second-order valence-corrected chi connectivity index (χ2v) is 6.36. The highest BCUT2D eigenvalue weighted by molar-refractivity contribution is 5.78. The number of alkyl halides is 3. The van der Waals surface area contributed by atoms with E-state index in [4.69, 9.17) is 4.74 Å². The van der Waals surface area contributed by atoms with Gasteiger partial charge in [0.05, 0.1) is 24.7 Å². The molecule has 148 valence electrons. The van der Waals surface area contributed by atoms with E-state index in [0.29, 0.717) is 33.7 Å². The maximum atomic E-state index is 13.0. The van der Waals surface area contributed by atoms with Gasteiger partial charge in [0.15, 0.2) is 5.65 Å². The van der Waals surface area contributed by atoms with Crippen molar-refractivity contribution in [1.29, 1.82) is 0 Å². The SMILES string of the molecule is COc1ncccc1Cn1c(=O)[nH]c2ncc(-c3cccc(C(F)(F)F)c3)cc21. The van der Waals surface area contributed by atoms with Crippen molar-refractivity contribution in [2.24, 2.45) is 0 Å². The number of fused-ring (bicyclic) bond motifs is 1. The summed E-state index contributed by atoms with van der Waals surface area (Å²) >= 11 is 0. The van der Waals surface area contributed by atoms with Crippen LogP contribution in [0.4, 0.5) is 13.2 Å². The largest absolute Gasteiger partial charge is 0.481 e. The number of rotatable bonds is 4. The molecule has 0 fully saturated rings. The van der Waals surface area contributed by atoms with Gasteiger partial charge >= 0.3 is 11.9 Å². The van der Waals surface area contributed by atoms with E-state index >= 15 is 0 Å². The Bertz CT molecular complexity index is 1240. The van der Waals surface area contributed by atoms with E-state index in [1.54, 1.807) is 30.5 Å². The van der Waals surface area contributed by atoms with Crippen molar-refractivity contribution < 1.29 is 17.9 Å². The molecule has 1 aromatic carbocycles. The number of imidazole rings is 1. The van der Waals surface area contributed by atoms with Gasteiger partial charge in [0.25, 0.3) is 0 Å². The van der Waals surface area contributed by atoms with Crippen LogP contribution in [0.2, 0.25) is 0 Å². The molecule has 3 aromatic heterocycles. The van der Waals surface area contributed by atoms with Crippen LogP contribution in [0.5, 0.6) is 5.88 Å². The van der Waals surface area contributed by atoms with Crippen molar-refractivity contribution >= 4 is 11.2 Å². The minimum atomic E-state index is -4.44. The molecule has 0 aliphatic heterocycles. The number of halogens is 3. The van der Waals surface area contributed by atoms with E-state index in [9.17, 15) is 18.0 Å². The molecular weight excluding hydrogens is 385 g/mol. The van der Waals surface area contributed by atoms with Crippen LogP contribution < -0.4 is 10.4 Å². The fourth-order valence-corrected chi connectivity index (χ4v) is 3.12. The molecule has 9 heteroatoms. The first-order valence-corrected chi connectivity index (χ1v) is 8.61. The molecule has 0 saturated heterocycles. The normalized spacial score (nSPS) is 11.7.